The smallest absolute Gasteiger partial charge is 0.249 e. The summed E-state index contributed by atoms with van der Waals surface area (Å²) in [5, 5.41) is 7.98. The van der Waals surface area contributed by atoms with Gasteiger partial charge in [-0.25, -0.2) is 4.39 Å². The Kier molecular flexibility index (Phi) is 3.71. The van der Waals surface area contributed by atoms with Crippen LogP contribution >= 0.6 is 11.6 Å². The largest absolute Gasteiger partial charge is 0.421 e. The number of nitrogens with two attached hydrogens (primary N) is 1. The van der Waals surface area contributed by atoms with E-state index in [1.165, 1.54) is 18.2 Å². The number of benzene rings is 1. The van der Waals surface area contributed by atoms with Crippen LogP contribution in [0.4, 0.5) is 4.39 Å². The van der Waals surface area contributed by atoms with Crippen LogP contribution in [0.5, 0.6) is 0 Å². The summed E-state index contributed by atoms with van der Waals surface area (Å²) in [6.07, 6.45) is 1.40. The Morgan fingerprint density at radius 1 is 1.35 bits per heavy atom. The van der Waals surface area contributed by atoms with E-state index >= 15 is 0 Å². The van der Waals surface area contributed by atoms with Crippen molar-refractivity contribution in [2.75, 3.05) is 6.54 Å². The zero-order valence-corrected chi connectivity index (χ0v) is 9.75. The van der Waals surface area contributed by atoms with Crippen molar-refractivity contribution in [1.29, 1.82) is 0 Å². The Morgan fingerprint density at radius 2 is 2.18 bits per heavy atom. The van der Waals surface area contributed by atoms with Crippen molar-refractivity contribution in [1.82, 2.24) is 10.2 Å². The first-order valence-electron chi connectivity index (χ1n) is 5.18. The van der Waals surface area contributed by atoms with Gasteiger partial charge in [-0.2, -0.15) is 0 Å². The Morgan fingerprint density at radius 3 is 2.88 bits per heavy atom. The van der Waals surface area contributed by atoms with Crippen molar-refractivity contribution in [3.05, 3.63) is 34.9 Å². The van der Waals surface area contributed by atoms with Gasteiger partial charge in [-0.15, -0.1) is 10.2 Å². The first kappa shape index (κ1) is 12.0. The van der Waals surface area contributed by atoms with Gasteiger partial charge in [-0.05, 0) is 31.2 Å². The molecular weight excluding hydrogens is 245 g/mol. The van der Waals surface area contributed by atoms with Gasteiger partial charge in [0.2, 0.25) is 11.8 Å². The van der Waals surface area contributed by atoms with Crippen molar-refractivity contribution in [2.45, 2.75) is 12.8 Å². The molecule has 0 amide bonds. The molecule has 2 aromatic rings. The molecule has 0 spiro atoms. The molecule has 0 bridgehead atoms. The number of nitrogens with zero attached hydrogens (tertiary/aromatic N) is 2. The van der Waals surface area contributed by atoms with E-state index in [0.29, 0.717) is 30.3 Å². The summed E-state index contributed by atoms with van der Waals surface area (Å²) in [6.45, 7) is 0.565. The van der Waals surface area contributed by atoms with E-state index in [0.717, 1.165) is 6.42 Å². The molecule has 0 aliphatic heterocycles. The van der Waals surface area contributed by atoms with Gasteiger partial charge in [-0.3, -0.25) is 0 Å². The van der Waals surface area contributed by atoms with Gasteiger partial charge < -0.3 is 10.2 Å². The van der Waals surface area contributed by atoms with E-state index in [4.69, 9.17) is 21.8 Å². The maximum Gasteiger partial charge on any atom is 0.249 e. The van der Waals surface area contributed by atoms with Crippen molar-refractivity contribution < 1.29 is 8.81 Å². The molecule has 0 aliphatic rings. The minimum absolute atomic E-state index is 0.249. The topological polar surface area (TPSA) is 64.9 Å². The fraction of sp³-hybridized carbons (Fsp3) is 0.273. The third-order valence-electron chi connectivity index (χ3n) is 2.22. The van der Waals surface area contributed by atoms with Gasteiger partial charge in [0, 0.05) is 6.42 Å². The number of aromatic nitrogens is 2. The summed E-state index contributed by atoms with van der Waals surface area (Å²) in [5.41, 5.74) is 5.91. The molecule has 6 heteroatoms. The van der Waals surface area contributed by atoms with E-state index in [2.05, 4.69) is 10.2 Å². The van der Waals surface area contributed by atoms with Crippen LogP contribution in [0.25, 0.3) is 11.5 Å². The minimum atomic E-state index is -0.401. The predicted molar refractivity (Wildman–Crippen MR) is 62.1 cm³/mol. The van der Waals surface area contributed by atoms with Gasteiger partial charge in [0.1, 0.15) is 5.82 Å². The molecule has 0 radical (unpaired) electrons. The Hall–Kier alpha value is -1.46. The van der Waals surface area contributed by atoms with Gasteiger partial charge >= 0.3 is 0 Å². The van der Waals surface area contributed by atoms with Gasteiger partial charge in [0.15, 0.2) is 0 Å². The molecule has 0 saturated carbocycles. The number of hydrogen-bond acceptors (Lipinski definition) is 4. The van der Waals surface area contributed by atoms with Crippen LogP contribution in [-0.4, -0.2) is 16.7 Å². The highest BCUT2D eigenvalue weighted by Crippen LogP contribution is 2.27. The lowest BCUT2D eigenvalue weighted by Gasteiger charge is -1.98. The lowest BCUT2D eigenvalue weighted by atomic mass is 10.2. The molecule has 1 aromatic carbocycles. The number of hydrogen-bond donors (Lipinski definition) is 1. The molecule has 1 heterocycles. The zero-order chi connectivity index (χ0) is 12.3. The number of aryl methyl sites for hydroxylation is 1. The summed E-state index contributed by atoms with van der Waals surface area (Å²) >= 11 is 5.89. The molecule has 0 saturated heterocycles. The molecule has 1 aromatic heterocycles. The highest BCUT2D eigenvalue weighted by molar-refractivity contribution is 6.33. The fourth-order valence-electron chi connectivity index (χ4n) is 1.38. The Labute approximate surface area is 103 Å². The van der Waals surface area contributed by atoms with E-state index < -0.39 is 5.82 Å². The first-order chi connectivity index (χ1) is 8.20. The SMILES string of the molecule is NCCCc1nnc(-c2ccc(F)cc2Cl)o1. The fourth-order valence-corrected chi connectivity index (χ4v) is 1.63. The minimum Gasteiger partial charge on any atom is -0.421 e. The highest BCUT2D eigenvalue weighted by Gasteiger charge is 2.12. The molecule has 0 aliphatic carbocycles. The molecule has 2 rings (SSSR count). The zero-order valence-electron chi connectivity index (χ0n) is 8.99. The molecule has 90 valence electrons. The summed E-state index contributed by atoms with van der Waals surface area (Å²) in [7, 11) is 0. The van der Waals surface area contributed by atoms with Crippen LogP contribution in [0.15, 0.2) is 22.6 Å². The molecule has 2 N–H and O–H groups in total. The molecular formula is C11H11ClFN3O. The molecule has 4 nitrogen and oxygen atoms in total. The number of halogens is 2. The van der Waals surface area contributed by atoms with E-state index in [1.54, 1.807) is 0 Å². The normalized spacial score (nSPS) is 10.8. The molecule has 0 fully saturated rings. The van der Waals surface area contributed by atoms with E-state index in [9.17, 15) is 4.39 Å². The van der Waals surface area contributed by atoms with Crippen molar-refractivity contribution in [2.24, 2.45) is 5.73 Å². The van der Waals surface area contributed by atoms with Gasteiger partial charge in [0.25, 0.3) is 0 Å². The first-order valence-corrected chi connectivity index (χ1v) is 5.56. The van der Waals surface area contributed by atoms with Gasteiger partial charge in [-0.1, -0.05) is 11.6 Å². The summed E-state index contributed by atoms with van der Waals surface area (Å²) in [6, 6.07) is 4.02. The summed E-state index contributed by atoms with van der Waals surface area (Å²) in [4.78, 5) is 0. The second-order valence-corrected chi connectivity index (χ2v) is 3.92. The highest BCUT2D eigenvalue weighted by atomic mass is 35.5. The lowest BCUT2D eigenvalue weighted by Crippen LogP contribution is -2.00. The standard InChI is InChI=1S/C11H11ClFN3O/c12-9-6-7(13)3-4-8(9)11-16-15-10(17-11)2-1-5-14/h3-4,6H,1-2,5,14H2. The van der Waals surface area contributed by atoms with Crippen molar-refractivity contribution >= 4 is 11.6 Å². The lowest BCUT2D eigenvalue weighted by molar-refractivity contribution is 0.499. The monoisotopic (exact) mass is 255 g/mol. The summed E-state index contributed by atoms with van der Waals surface area (Å²) in [5.74, 6) is 0.398. The molecule has 0 atom stereocenters. The van der Waals surface area contributed by atoms with E-state index in [-0.39, 0.29) is 5.02 Å². The second kappa shape index (κ2) is 5.25. The maximum absolute atomic E-state index is 12.9. The second-order valence-electron chi connectivity index (χ2n) is 3.52. The Bertz CT molecular complexity index is 515. The average Bonchev–Trinajstić information content (AvgIpc) is 2.75. The molecule has 17 heavy (non-hydrogen) atoms. The maximum atomic E-state index is 12.9. The van der Waals surface area contributed by atoms with Crippen LogP contribution in [0.2, 0.25) is 5.02 Å². The van der Waals surface area contributed by atoms with E-state index in [1.807, 2.05) is 0 Å². The van der Waals surface area contributed by atoms with Crippen LogP contribution in [0.1, 0.15) is 12.3 Å². The van der Waals surface area contributed by atoms with Crippen molar-refractivity contribution in [3.63, 3.8) is 0 Å². The molecule has 0 unspecified atom stereocenters. The Balaban J connectivity index is 2.24. The van der Waals surface area contributed by atoms with Crippen LogP contribution in [0, 0.1) is 5.82 Å². The van der Waals surface area contributed by atoms with Crippen molar-refractivity contribution in [3.8, 4) is 11.5 Å². The predicted octanol–water partition coefficient (Wildman–Crippen LogP) is 2.42. The van der Waals surface area contributed by atoms with Gasteiger partial charge in [0.05, 0.1) is 10.6 Å². The van der Waals surface area contributed by atoms with Crippen LogP contribution in [-0.2, 0) is 6.42 Å². The van der Waals surface area contributed by atoms with Crippen LogP contribution < -0.4 is 5.73 Å². The third kappa shape index (κ3) is 2.81. The quantitative estimate of drug-likeness (QED) is 0.911. The summed E-state index contributed by atoms with van der Waals surface area (Å²) < 4.78 is 18.3. The average molecular weight is 256 g/mol. The van der Waals surface area contributed by atoms with Crippen LogP contribution in [0.3, 0.4) is 0 Å². The third-order valence-corrected chi connectivity index (χ3v) is 2.54. The number of rotatable bonds is 4.